The second kappa shape index (κ2) is 5.09. The molecule has 0 aliphatic carbocycles. The Morgan fingerprint density at radius 2 is 2.46 bits per heavy atom. The van der Waals surface area contributed by atoms with Gasteiger partial charge in [0.15, 0.2) is 0 Å². The molecule has 0 spiro atoms. The van der Waals surface area contributed by atoms with Crippen LogP contribution in [0.2, 0.25) is 5.15 Å². The maximum Gasteiger partial charge on any atom is 0.142 e. The van der Waals surface area contributed by atoms with E-state index in [0.29, 0.717) is 5.15 Å². The molecule has 3 nitrogen and oxygen atoms in total. The van der Waals surface area contributed by atoms with Gasteiger partial charge in [0.2, 0.25) is 0 Å². The first-order valence-corrected chi connectivity index (χ1v) is 5.23. The Labute approximate surface area is 95.7 Å². The maximum atomic E-state index is 9.01. The summed E-state index contributed by atoms with van der Waals surface area (Å²) in [5.74, 6) is 0. The van der Waals surface area contributed by atoms with Crippen LogP contribution in [-0.2, 0) is 0 Å². The van der Waals surface area contributed by atoms with E-state index in [1.54, 1.807) is 13.2 Å². The number of aromatic nitrogens is 1. The Hall–Kier alpha value is 0.0900. The number of aliphatic hydroxyl groups excluding tert-OH is 1. The third-order valence-electron chi connectivity index (χ3n) is 1.75. The molecule has 1 heterocycles. The zero-order valence-corrected chi connectivity index (χ0v) is 10.0. The van der Waals surface area contributed by atoms with Gasteiger partial charge in [0.1, 0.15) is 5.15 Å². The van der Waals surface area contributed by atoms with E-state index in [2.05, 4.69) is 32.9 Å². The highest BCUT2D eigenvalue weighted by molar-refractivity contribution is 14.1. The fourth-order valence-corrected chi connectivity index (χ4v) is 1.59. The topological polar surface area (TPSA) is 45.1 Å². The second-order valence-corrected chi connectivity index (χ2v) is 4.09. The summed E-state index contributed by atoms with van der Waals surface area (Å²) in [5, 5.41) is 12.5. The van der Waals surface area contributed by atoms with E-state index in [1.165, 1.54) is 0 Å². The van der Waals surface area contributed by atoms with Gasteiger partial charge >= 0.3 is 0 Å². The van der Waals surface area contributed by atoms with Crippen molar-refractivity contribution in [2.45, 2.75) is 6.04 Å². The Kier molecular flexibility index (Phi) is 4.37. The van der Waals surface area contributed by atoms with Crippen LogP contribution < -0.4 is 5.32 Å². The third kappa shape index (κ3) is 2.77. The van der Waals surface area contributed by atoms with E-state index in [1.807, 2.05) is 6.07 Å². The summed E-state index contributed by atoms with van der Waals surface area (Å²) in [6.07, 6.45) is 1.67. The molecular weight excluding hydrogens is 302 g/mol. The van der Waals surface area contributed by atoms with Crippen LogP contribution in [0.5, 0.6) is 0 Å². The summed E-state index contributed by atoms with van der Waals surface area (Å²) < 4.78 is 0.894. The molecule has 0 unspecified atom stereocenters. The Morgan fingerprint density at radius 3 is 2.92 bits per heavy atom. The van der Waals surface area contributed by atoms with Crippen molar-refractivity contribution in [3.63, 3.8) is 0 Å². The van der Waals surface area contributed by atoms with Crippen LogP contribution in [0.15, 0.2) is 12.3 Å². The maximum absolute atomic E-state index is 9.01. The minimum absolute atomic E-state index is 0.0515. The normalized spacial score (nSPS) is 12.9. The van der Waals surface area contributed by atoms with Crippen LogP contribution in [0.25, 0.3) is 0 Å². The molecule has 0 bridgehead atoms. The van der Waals surface area contributed by atoms with Crippen LogP contribution >= 0.6 is 34.2 Å². The molecule has 5 heteroatoms. The van der Waals surface area contributed by atoms with Gasteiger partial charge in [0.05, 0.1) is 16.2 Å². The first-order chi connectivity index (χ1) is 6.19. The zero-order valence-electron chi connectivity index (χ0n) is 7.09. The summed E-state index contributed by atoms with van der Waals surface area (Å²) >= 11 is 7.88. The minimum Gasteiger partial charge on any atom is -0.394 e. The molecule has 0 saturated heterocycles. The van der Waals surface area contributed by atoms with Crippen LogP contribution in [0.3, 0.4) is 0 Å². The van der Waals surface area contributed by atoms with Gasteiger partial charge in [-0.1, -0.05) is 11.6 Å². The SMILES string of the molecule is CN[C@H](CO)c1cnc(Cl)c(I)c1. The lowest BCUT2D eigenvalue weighted by Crippen LogP contribution is -2.20. The predicted octanol–water partition coefficient (Wildman–Crippen LogP) is 1.59. The van der Waals surface area contributed by atoms with Crippen LogP contribution in [-0.4, -0.2) is 23.7 Å². The van der Waals surface area contributed by atoms with E-state index in [4.69, 9.17) is 16.7 Å². The van der Waals surface area contributed by atoms with Gasteiger partial charge in [-0.05, 0) is 41.3 Å². The number of halogens is 2. The van der Waals surface area contributed by atoms with E-state index < -0.39 is 0 Å². The molecular formula is C8H10ClIN2O. The summed E-state index contributed by atoms with van der Waals surface area (Å²) in [4.78, 5) is 4.00. The van der Waals surface area contributed by atoms with Crippen LogP contribution in [0.1, 0.15) is 11.6 Å². The molecule has 1 rings (SSSR count). The number of hydrogen-bond acceptors (Lipinski definition) is 3. The van der Waals surface area contributed by atoms with E-state index >= 15 is 0 Å². The van der Waals surface area contributed by atoms with Gasteiger partial charge in [-0.25, -0.2) is 4.98 Å². The van der Waals surface area contributed by atoms with Gasteiger partial charge in [0.25, 0.3) is 0 Å². The second-order valence-electron chi connectivity index (χ2n) is 2.57. The Morgan fingerprint density at radius 1 is 1.77 bits per heavy atom. The fraction of sp³-hybridized carbons (Fsp3) is 0.375. The van der Waals surface area contributed by atoms with Crippen molar-refractivity contribution in [2.75, 3.05) is 13.7 Å². The number of rotatable bonds is 3. The molecule has 13 heavy (non-hydrogen) atoms. The molecule has 1 aromatic heterocycles. The number of nitrogens with zero attached hydrogens (tertiary/aromatic N) is 1. The molecule has 0 aromatic carbocycles. The lowest BCUT2D eigenvalue weighted by atomic mass is 10.1. The summed E-state index contributed by atoms with van der Waals surface area (Å²) in [7, 11) is 1.79. The van der Waals surface area contributed by atoms with Gasteiger partial charge in [-0.2, -0.15) is 0 Å². The standard InChI is InChI=1S/C8H10ClIN2O/c1-11-7(4-13)5-2-6(10)8(9)12-3-5/h2-3,7,11,13H,4H2,1H3/t7-/m1/s1. The predicted molar refractivity (Wildman–Crippen MR) is 60.9 cm³/mol. The number of hydrogen-bond donors (Lipinski definition) is 2. The lowest BCUT2D eigenvalue weighted by molar-refractivity contribution is 0.250. The van der Waals surface area contributed by atoms with Crippen LogP contribution in [0, 0.1) is 3.57 Å². The summed E-state index contributed by atoms with van der Waals surface area (Å²) in [5.41, 5.74) is 0.943. The van der Waals surface area contributed by atoms with Gasteiger partial charge in [-0.15, -0.1) is 0 Å². The first kappa shape index (κ1) is 11.2. The van der Waals surface area contributed by atoms with Crippen molar-refractivity contribution < 1.29 is 5.11 Å². The van der Waals surface area contributed by atoms with E-state index in [0.717, 1.165) is 9.13 Å². The average Bonchev–Trinajstić information content (AvgIpc) is 2.13. The number of pyridine rings is 1. The molecule has 1 aromatic rings. The Bertz CT molecular complexity index is 291. The van der Waals surface area contributed by atoms with Crippen LogP contribution in [0.4, 0.5) is 0 Å². The molecule has 0 fully saturated rings. The van der Waals surface area contributed by atoms with Crippen molar-refractivity contribution >= 4 is 34.2 Å². The fourth-order valence-electron chi connectivity index (χ4n) is 0.990. The van der Waals surface area contributed by atoms with E-state index in [-0.39, 0.29) is 12.6 Å². The minimum atomic E-state index is -0.0710. The molecule has 1 atom stereocenters. The molecule has 0 aliphatic rings. The highest BCUT2D eigenvalue weighted by atomic mass is 127. The Balaban J connectivity index is 2.95. The highest BCUT2D eigenvalue weighted by Gasteiger charge is 2.09. The number of likely N-dealkylation sites (N-methyl/N-ethyl adjacent to an activating group) is 1. The van der Waals surface area contributed by atoms with Crippen molar-refractivity contribution in [3.8, 4) is 0 Å². The monoisotopic (exact) mass is 312 g/mol. The molecule has 0 saturated carbocycles. The van der Waals surface area contributed by atoms with Gasteiger partial charge < -0.3 is 10.4 Å². The van der Waals surface area contributed by atoms with Crippen molar-refractivity contribution in [3.05, 3.63) is 26.5 Å². The molecule has 72 valence electrons. The summed E-state index contributed by atoms with van der Waals surface area (Å²) in [6, 6.07) is 1.84. The summed E-state index contributed by atoms with van der Waals surface area (Å²) in [6.45, 7) is 0.0515. The number of nitrogens with one attached hydrogen (secondary N) is 1. The zero-order chi connectivity index (χ0) is 9.84. The van der Waals surface area contributed by atoms with Gasteiger partial charge in [0, 0.05) is 6.20 Å². The molecule has 0 radical (unpaired) electrons. The molecule has 2 N–H and O–H groups in total. The third-order valence-corrected chi connectivity index (χ3v) is 3.19. The smallest absolute Gasteiger partial charge is 0.142 e. The van der Waals surface area contributed by atoms with E-state index in [9.17, 15) is 0 Å². The lowest BCUT2D eigenvalue weighted by Gasteiger charge is -2.13. The van der Waals surface area contributed by atoms with Gasteiger partial charge in [-0.3, -0.25) is 0 Å². The largest absolute Gasteiger partial charge is 0.394 e. The highest BCUT2D eigenvalue weighted by Crippen LogP contribution is 2.19. The van der Waals surface area contributed by atoms with Crippen molar-refractivity contribution in [1.29, 1.82) is 0 Å². The first-order valence-electron chi connectivity index (χ1n) is 3.78. The molecule has 0 aliphatic heterocycles. The van der Waals surface area contributed by atoms with Crippen molar-refractivity contribution in [1.82, 2.24) is 10.3 Å². The van der Waals surface area contributed by atoms with Crippen molar-refractivity contribution in [2.24, 2.45) is 0 Å². The number of aliphatic hydroxyl groups is 1. The average molecular weight is 313 g/mol. The quantitative estimate of drug-likeness (QED) is 0.658. The molecule has 0 amide bonds.